The normalized spacial score (nSPS) is 10.8. The van der Waals surface area contributed by atoms with Gasteiger partial charge in [-0.3, -0.25) is 4.79 Å². The third-order valence-corrected chi connectivity index (χ3v) is 3.34. The fraction of sp³-hybridized carbons (Fsp3) is 0.0909. The maximum absolute atomic E-state index is 12.7. The number of aromatic nitrogens is 4. The van der Waals surface area contributed by atoms with Gasteiger partial charge in [-0.15, -0.1) is 15.3 Å². The molecule has 3 aromatic rings. The zero-order chi connectivity index (χ0) is 13.4. The molecule has 96 valence electrons. The molecule has 0 aliphatic carbocycles. The standard InChI is InChI=1S/C11H8FN5OS/c1-6-14-15-11-17(6)16-10(19-11)9(18)13-8-4-2-7(12)3-5-8/h2-5H,1H3,(H,13,18). The van der Waals surface area contributed by atoms with Crippen molar-refractivity contribution in [2.24, 2.45) is 0 Å². The van der Waals surface area contributed by atoms with Crippen LogP contribution < -0.4 is 5.32 Å². The molecule has 0 aliphatic rings. The Labute approximate surface area is 110 Å². The molecule has 0 spiro atoms. The predicted molar refractivity (Wildman–Crippen MR) is 67.7 cm³/mol. The van der Waals surface area contributed by atoms with Crippen molar-refractivity contribution in [3.63, 3.8) is 0 Å². The van der Waals surface area contributed by atoms with Gasteiger partial charge < -0.3 is 5.32 Å². The van der Waals surface area contributed by atoms with Gasteiger partial charge in [0.15, 0.2) is 5.82 Å². The van der Waals surface area contributed by atoms with Gasteiger partial charge in [-0.25, -0.2) is 4.39 Å². The quantitative estimate of drug-likeness (QED) is 0.776. The summed E-state index contributed by atoms with van der Waals surface area (Å²) in [5.74, 6) is -0.0963. The average molecular weight is 277 g/mol. The van der Waals surface area contributed by atoms with Crippen LogP contribution in [-0.2, 0) is 0 Å². The van der Waals surface area contributed by atoms with Crippen LogP contribution in [0.3, 0.4) is 0 Å². The van der Waals surface area contributed by atoms with Crippen molar-refractivity contribution in [1.29, 1.82) is 0 Å². The van der Waals surface area contributed by atoms with Crippen LogP contribution in [0.5, 0.6) is 0 Å². The molecular formula is C11H8FN5OS. The minimum Gasteiger partial charge on any atom is -0.320 e. The van der Waals surface area contributed by atoms with Gasteiger partial charge in [-0.05, 0) is 31.2 Å². The van der Waals surface area contributed by atoms with Crippen LogP contribution in [-0.4, -0.2) is 25.7 Å². The van der Waals surface area contributed by atoms with E-state index >= 15 is 0 Å². The van der Waals surface area contributed by atoms with E-state index in [1.807, 2.05) is 0 Å². The largest absolute Gasteiger partial charge is 0.320 e. The van der Waals surface area contributed by atoms with E-state index in [1.54, 1.807) is 6.92 Å². The number of amides is 1. The molecule has 0 aliphatic heterocycles. The van der Waals surface area contributed by atoms with Crippen LogP contribution in [0.25, 0.3) is 4.96 Å². The summed E-state index contributed by atoms with van der Waals surface area (Å²) in [6.45, 7) is 1.75. The average Bonchev–Trinajstić information content (AvgIpc) is 2.95. The van der Waals surface area contributed by atoms with Gasteiger partial charge in [0.2, 0.25) is 9.97 Å². The molecule has 0 fully saturated rings. The molecule has 0 saturated carbocycles. The first-order valence-electron chi connectivity index (χ1n) is 5.39. The fourth-order valence-electron chi connectivity index (χ4n) is 1.52. The van der Waals surface area contributed by atoms with Gasteiger partial charge in [0.25, 0.3) is 5.91 Å². The number of carbonyl (C=O) groups excluding carboxylic acids is 1. The number of carbonyl (C=O) groups is 1. The van der Waals surface area contributed by atoms with Crippen molar-refractivity contribution in [1.82, 2.24) is 19.8 Å². The summed E-state index contributed by atoms with van der Waals surface area (Å²) >= 11 is 1.14. The van der Waals surface area contributed by atoms with E-state index in [0.717, 1.165) is 11.3 Å². The number of hydrogen-bond donors (Lipinski definition) is 1. The summed E-state index contributed by atoms with van der Waals surface area (Å²) < 4.78 is 14.3. The van der Waals surface area contributed by atoms with E-state index in [2.05, 4.69) is 20.6 Å². The molecular weight excluding hydrogens is 269 g/mol. The lowest BCUT2D eigenvalue weighted by Gasteiger charge is -2.01. The van der Waals surface area contributed by atoms with Crippen molar-refractivity contribution >= 4 is 27.9 Å². The topological polar surface area (TPSA) is 72.2 Å². The van der Waals surface area contributed by atoms with Crippen LogP contribution in [0.15, 0.2) is 24.3 Å². The van der Waals surface area contributed by atoms with Crippen molar-refractivity contribution in [3.05, 3.63) is 40.9 Å². The summed E-state index contributed by atoms with van der Waals surface area (Å²) in [6, 6.07) is 5.52. The molecule has 1 amide bonds. The number of aryl methyl sites for hydroxylation is 1. The molecule has 0 radical (unpaired) electrons. The Morgan fingerprint density at radius 1 is 1.32 bits per heavy atom. The second-order valence-corrected chi connectivity index (χ2v) is 4.77. The number of nitrogens with zero attached hydrogens (tertiary/aromatic N) is 4. The Bertz CT molecular complexity index is 748. The van der Waals surface area contributed by atoms with Gasteiger partial charge in [-0.1, -0.05) is 11.3 Å². The highest BCUT2D eigenvalue weighted by atomic mass is 32.1. The van der Waals surface area contributed by atoms with Gasteiger partial charge in [0.05, 0.1) is 0 Å². The van der Waals surface area contributed by atoms with E-state index in [0.29, 0.717) is 16.5 Å². The van der Waals surface area contributed by atoms with E-state index in [4.69, 9.17) is 0 Å². The van der Waals surface area contributed by atoms with Gasteiger partial charge in [0, 0.05) is 5.69 Å². The molecule has 2 heterocycles. The van der Waals surface area contributed by atoms with Crippen molar-refractivity contribution in [3.8, 4) is 0 Å². The molecule has 0 saturated heterocycles. The third-order valence-electron chi connectivity index (χ3n) is 2.44. The summed E-state index contributed by atoms with van der Waals surface area (Å²) in [5.41, 5.74) is 0.508. The Balaban J connectivity index is 1.85. The molecule has 19 heavy (non-hydrogen) atoms. The molecule has 0 unspecified atom stereocenters. The predicted octanol–water partition coefficient (Wildman–Crippen LogP) is 1.89. The first-order valence-corrected chi connectivity index (χ1v) is 6.21. The Morgan fingerprint density at radius 3 is 2.74 bits per heavy atom. The number of fused-ring (bicyclic) bond motifs is 1. The number of anilines is 1. The van der Waals surface area contributed by atoms with Crippen LogP contribution in [0.4, 0.5) is 10.1 Å². The highest BCUT2D eigenvalue weighted by molar-refractivity contribution is 7.18. The van der Waals surface area contributed by atoms with Crippen molar-refractivity contribution < 1.29 is 9.18 Å². The van der Waals surface area contributed by atoms with Gasteiger partial charge in [-0.2, -0.15) is 4.52 Å². The molecule has 6 nitrogen and oxygen atoms in total. The van der Waals surface area contributed by atoms with E-state index < -0.39 is 0 Å². The highest BCUT2D eigenvalue weighted by Crippen LogP contribution is 2.16. The summed E-state index contributed by atoms with van der Waals surface area (Å²) in [6.07, 6.45) is 0. The third kappa shape index (κ3) is 2.17. The zero-order valence-corrected chi connectivity index (χ0v) is 10.6. The lowest BCUT2D eigenvalue weighted by atomic mass is 10.3. The number of hydrogen-bond acceptors (Lipinski definition) is 5. The number of nitrogens with one attached hydrogen (secondary N) is 1. The second-order valence-electron chi connectivity index (χ2n) is 3.81. The Hall–Kier alpha value is -2.35. The second kappa shape index (κ2) is 4.39. The summed E-state index contributed by atoms with van der Waals surface area (Å²) in [7, 11) is 0. The first kappa shape index (κ1) is 11.7. The number of benzene rings is 1. The van der Waals surface area contributed by atoms with E-state index in [-0.39, 0.29) is 16.7 Å². The van der Waals surface area contributed by atoms with Crippen LogP contribution in [0, 0.1) is 12.7 Å². The molecule has 2 aromatic heterocycles. The fourth-order valence-corrected chi connectivity index (χ4v) is 2.30. The van der Waals surface area contributed by atoms with Crippen molar-refractivity contribution in [2.75, 3.05) is 5.32 Å². The maximum Gasteiger partial charge on any atom is 0.286 e. The number of rotatable bonds is 2. The molecule has 1 N–H and O–H groups in total. The maximum atomic E-state index is 12.7. The molecule has 0 atom stereocenters. The van der Waals surface area contributed by atoms with E-state index in [1.165, 1.54) is 28.8 Å². The van der Waals surface area contributed by atoms with Gasteiger partial charge in [0.1, 0.15) is 5.82 Å². The number of halogens is 1. The van der Waals surface area contributed by atoms with Crippen LogP contribution >= 0.6 is 11.3 Å². The van der Waals surface area contributed by atoms with Crippen LogP contribution in [0.2, 0.25) is 0 Å². The lowest BCUT2D eigenvalue weighted by molar-refractivity contribution is 0.102. The molecule has 3 rings (SSSR count). The first-order chi connectivity index (χ1) is 9.13. The zero-order valence-electron chi connectivity index (χ0n) is 9.79. The van der Waals surface area contributed by atoms with Crippen LogP contribution in [0.1, 0.15) is 15.6 Å². The molecule has 1 aromatic carbocycles. The summed E-state index contributed by atoms with van der Waals surface area (Å²) in [4.78, 5) is 12.5. The summed E-state index contributed by atoms with van der Waals surface area (Å²) in [5, 5.41) is 14.7. The minimum atomic E-state index is -0.360. The Morgan fingerprint density at radius 2 is 2.05 bits per heavy atom. The molecule has 8 heteroatoms. The molecule has 0 bridgehead atoms. The smallest absolute Gasteiger partial charge is 0.286 e. The monoisotopic (exact) mass is 277 g/mol. The van der Waals surface area contributed by atoms with Crippen molar-refractivity contribution in [2.45, 2.75) is 6.92 Å². The lowest BCUT2D eigenvalue weighted by Crippen LogP contribution is -2.12. The SMILES string of the molecule is Cc1nnc2sc(C(=O)Nc3ccc(F)cc3)nn12. The van der Waals surface area contributed by atoms with E-state index in [9.17, 15) is 9.18 Å². The Kier molecular flexibility index (Phi) is 2.71. The van der Waals surface area contributed by atoms with Gasteiger partial charge >= 0.3 is 0 Å². The minimum absolute atomic E-state index is 0.275. The highest BCUT2D eigenvalue weighted by Gasteiger charge is 2.15.